The first-order valence-corrected chi connectivity index (χ1v) is 4.25. The molecule has 1 aromatic rings. The van der Waals surface area contributed by atoms with Crippen molar-refractivity contribution < 1.29 is 4.74 Å². The van der Waals surface area contributed by atoms with Crippen LogP contribution in [0.4, 0.5) is 5.69 Å². The molecule has 3 nitrogen and oxygen atoms in total. The fourth-order valence-electron chi connectivity index (χ4n) is 1.06. The van der Waals surface area contributed by atoms with Crippen LogP contribution in [0, 0.1) is 11.3 Å². The van der Waals surface area contributed by atoms with Gasteiger partial charge in [-0.2, -0.15) is 5.26 Å². The first kappa shape index (κ1) is 10.1. The summed E-state index contributed by atoms with van der Waals surface area (Å²) in [4.78, 5) is 0. The van der Waals surface area contributed by atoms with E-state index in [1.54, 1.807) is 25.3 Å². The van der Waals surface area contributed by atoms with Gasteiger partial charge in [-0.05, 0) is 18.2 Å². The number of rotatable bonds is 3. The predicted octanol–water partition coefficient (Wildman–Crippen LogP) is 2.20. The lowest BCUT2D eigenvalue weighted by molar-refractivity contribution is 0.415. The summed E-state index contributed by atoms with van der Waals surface area (Å²) in [5, 5.41) is 8.36. The second-order valence-electron chi connectivity index (χ2n) is 2.76. The zero-order chi connectivity index (χ0) is 10.4. The fraction of sp³-hybridized carbons (Fsp3) is 0.182. The van der Waals surface area contributed by atoms with Crippen molar-refractivity contribution in [2.75, 3.05) is 12.8 Å². The van der Waals surface area contributed by atoms with Crippen LogP contribution < -0.4 is 10.5 Å². The van der Waals surface area contributed by atoms with Crippen LogP contribution in [0.15, 0.2) is 24.3 Å². The number of benzene rings is 1. The molecule has 0 amide bonds. The summed E-state index contributed by atoms with van der Waals surface area (Å²) in [5.74, 6) is 0.760. The molecule has 0 aliphatic heterocycles. The Balaban J connectivity index is 2.90. The molecule has 0 saturated heterocycles. The molecular weight excluding hydrogens is 176 g/mol. The molecule has 72 valence electrons. The first-order chi connectivity index (χ1) is 6.77. The Morgan fingerprint density at radius 2 is 2.36 bits per heavy atom. The number of allylic oxidation sites excluding steroid dienone is 1. The molecule has 0 radical (unpaired) electrons. The highest BCUT2D eigenvalue weighted by Crippen LogP contribution is 2.20. The van der Waals surface area contributed by atoms with E-state index in [-0.39, 0.29) is 0 Å². The number of nitrogens with zero attached hydrogens (tertiary/aromatic N) is 1. The minimum absolute atomic E-state index is 0.386. The molecule has 0 heterocycles. The van der Waals surface area contributed by atoms with Crippen LogP contribution in [0.5, 0.6) is 5.75 Å². The molecule has 3 heteroatoms. The number of nitriles is 1. The lowest BCUT2D eigenvalue weighted by atomic mass is 10.1. The Hall–Kier alpha value is -1.95. The number of ether oxygens (including phenoxy) is 1. The smallest absolute Gasteiger partial charge is 0.119 e. The Kier molecular flexibility index (Phi) is 3.57. The fourth-order valence-corrected chi connectivity index (χ4v) is 1.06. The molecule has 14 heavy (non-hydrogen) atoms. The van der Waals surface area contributed by atoms with E-state index >= 15 is 0 Å². The average molecular weight is 188 g/mol. The third-order valence-corrected chi connectivity index (χ3v) is 1.80. The van der Waals surface area contributed by atoms with Gasteiger partial charge in [-0.1, -0.05) is 12.2 Å². The van der Waals surface area contributed by atoms with E-state index in [2.05, 4.69) is 0 Å². The van der Waals surface area contributed by atoms with E-state index < -0.39 is 0 Å². The summed E-state index contributed by atoms with van der Waals surface area (Å²) in [6, 6.07) is 7.45. The molecule has 0 saturated carbocycles. The topological polar surface area (TPSA) is 59.0 Å². The highest BCUT2D eigenvalue weighted by Gasteiger charge is 1.97. The summed E-state index contributed by atoms with van der Waals surface area (Å²) in [6.07, 6.45) is 3.98. The van der Waals surface area contributed by atoms with Crippen LogP contribution in [-0.4, -0.2) is 7.11 Å². The number of methoxy groups -OCH3 is 1. The highest BCUT2D eigenvalue weighted by atomic mass is 16.5. The minimum atomic E-state index is 0.386. The zero-order valence-electron chi connectivity index (χ0n) is 8.03. The van der Waals surface area contributed by atoms with Crippen molar-refractivity contribution in [2.45, 2.75) is 6.42 Å². The van der Waals surface area contributed by atoms with Gasteiger partial charge in [0.05, 0.1) is 19.6 Å². The Bertz CT molecular complexity index is 377. The van der Waals surface area contributed by atoms with Crippen molar-refractivity contribution in [1.29, 1.82) is 5.26 Å². The number of anilines is 1. The lowest BCUT2D eigenvalue weighted by Crippen LogP contribution is -1.90. The van der Waals surface area contributed by atoms with Crippen molar-refractivity contribution in [3.8, 4) is 11.8 Å². The van der Waals surface area contributed by atoms with Crippen molar-refractivity contribution in [1.82, 2.24) is 0 Å². The van der Waals surface area contributed by atoms with Crippen LogP contribution in [0.2, 0.25) is 0 Å². The second kappa shape index (κ2) is 4.93. The van der Waals surface area contributed by atoms with Crippen molar-refractivity contribution in [3.05, 3.63) is 29.8 Å². The quantitative estimate of drug-likeness (QED) is 0.740. The van der Waals surface area contributed by atoms with Gasteiger partial charge in [0, 0.05) is 11.3 Å². The Morgan fingerprint density at radius 1 is 1.57 bits per heavy atom. The highest BCUT2D eigenvalue weighted by molar-refractivity contribution is 5.66. The normalized spacial score (nSPS) is 10.0. The van der Waals surface area contributed by atoms with Crippen LogP contribution >= 0.6 is 0 Å². The zero-order valence-corrected chi connectivity index (χ0v) is 8.03. The molecular formula is C11H12N2O. The van der Waals surface area contributed by atoms with Gasteiger partial charge in [-0.3, -0.25) is 0 Å². The van der Waals surface area contributed by atoms with Gasteiger partial charge in [0.25, 0.3) is 0 Å². The molecule has 1 aromatic carbocycles. The van der Waals surface area contributed by atoms with Crippen molar-refractivity contribution in [3.63, 3.8) is 0 Å². The molecule has 1 rings (SSSR count). The van der Waals surface area contributed by atoms with E-state index in [0.29, 0.717) is 12.1 Å². The maximum absolute atomic E-state index is 8.36. The average Bonchev–Trinajstić information content (AvgIpc) is 2.21. The summed E-state index contributed by atoms with van der Waals surface area (Å²) in [6.45, 7) is 0. The van der Waals surface area contributed by atoms with Gasteiger partial charge < -0.3 is 10.5 Å². The van der Waals surface area contributed by atoms with E-state index in [0.717, 1.165) is 11.3 Å². The molecule has 0 spiro atoms. The number of hydrogen-bond acceptors (Lipinski definition) is 3. The molecule has 2 N–H and O–H groups in total. The molecule has 0 fully saturated rings. The van der Waals surface area contributed by atoms with Crippen LogP contribution in [0.25, 0.3) is 6.08 Å². The van der Waals surface area contributed by atoms with E-state index in [9.17, 15) is 0 Å². The maximum Gasteiger partial charge on any atom is 0.119 e. The van der Waals surface area contributed by atoms with Gasteiger partial charge in [0.15, 0.2) is 0 Å². The third kappa shape index (κ3) is 2.53. The molecule has 0 atom stereocenters. The lowest BCUT2D eigenvalue weighted by Gasteiger charge is -2.03. The molecule has 0 aromatic heterocycles. The Morgan fingerprint density at radius 3 is 3.00 bits per heavy atom. The summed E-state index contributed by atoms with van der Waals surface area (Å²) >= 11 is 0. The van der Waals surface area contributed by atoms with E-state index in [1.165, 1.54) is 0 Å². The Labute approximate surface area is 83.4 Å². The van der Waals surface area contributed by atoms with Gasteiger partial charge in [0.1, 0.15) is 5.75 Å². The third-order valence-electron chi connectivity index (χ3n) is 1.80. The van der Waals surface area contributed by atoms with Crippen LogP contribution in [0.3, 0.4) is 0 Å². The van der Waals surface area contributed by atoms with Crippen LogP contribution in [-0.2, 0) is 0 Å². The van der Waals surface area contributed by atoms with E-state index in [4.69, 9.17) is 15.7 Å². The van der Waals surface area contributed by atoms with Gasteiger partial charge >= 0.3 is 0 Å². The SMILES string of the molecule is COc1ccc(N)c(C=CCC#N)c1. The van der Waals surface area contributed by atoms with Crippen molar-refractivity contribution in [2.24, 2.45) is 0 Å². The maximum atomic E-state index is 8.36. The molecule has 0 unspecified atom stereocenters. The number of nitrogens with two attached hydrogens (primary N) is 1. The molecule has 0 bridgehead atoms. The monoisotopic (exact) mass is 188 g/mol. The van der Waals surface area contributed by atoms with Crippen LogP contribution in [0.1, 0.15) is 12.0 Å². The summed E-state index contributed by atoms with van der Waals surface area (Å²) in [5.41, 5.74) is 7.29. The predicted molar refractivity (Wildman–Crippen MR) is 56.7 cm³/mol. The van der Waals surface area contributed by atoms with E-state index in [1.807, 2.05) is 18.2 Å². The van der Waals surface area contributed by atoms with Gasteiger partial charge in [-0.15, -0.1) is 0 Å². The second-order valence-corrected chi connectivity index (χ2v) is 2.76. The molecule has 0 aliphatic carbocycles. The number of hydrogen-bond donors (Lipinski definition) is 1. The first-order valence-electron chi connectivity index (χ1n) is 4.25. The van der Waals surface area contributed by atoms with Gasteiger partial charge in [-0.25, -0.2) is 0 Å². The number of nitrogen functional groups attached to an aromatic ring is 1. The minimum Gasteiger partial charge on any atom is -0.497 e. The summed E-state index contributed by atoms with van der Waals surface area (Å²) < 4.78 is 5.06. The van der Waals surface area contributed by atoms with Crippen molar-refractivity contribution >= 4 is 11.8 Å². The standard InChI is InChI=1S/C11H12N2O/c1-14-10-5-6-11(13)9(8-10)4-2-3-7-12/h2,4-6,8H,3,13H2,1H3. The van der Waals surface area contributed by atoms with Gasteiger partial charge in [0.2, 0.25) is 0 Å². The largest absolute Gasteiger partial charge is 0.497 e. The molecule has 0 aliphatic rings. The summed E-state index contributed by atoms with van der Waals surface area (Å²) in [7, 11) is 1.61.